The zero-order chi connectivity index (χ0) is 11.4. The van der Waals surface area contributed by atoms with Crippen LogP contribution in [0.1, 0.15) is 38.3 Å². The van der Waals surface area contributed by atoms with E-state index < -0.39 is 0 Å². The Labute approximate surface area is 96.7 Å². The maximum absolute atomic E-state index is 8.84. The maximum atomic E-state index is 8.84. The van der Waals surface area contributed by atoms with Crippen molar-refractivity contribution in [1.82, 2.24) is 4.98 Å². The largest absolute Gasteiger partial charge is 0.354 e. The van der Waals surface area contributed by atoms with E-state index in [0.29, 0.717) is 11.7 Å². The Morgan fingerprint density at radius 2 is 2.31 bits per heavy atom. The third-order valence-corrected chi connectivity index (χ3v) is 2.88. The average Bonchev–Trinajstić information content (AvgIpc) is 3.14. The second kappa shape index (κ2) is 4.98. The van der Waals surface area contributed by atoms with Gasteiger partial charge in [0.2, 0.25) is 0 Å². The molecule has 0 unspecified atom stereocenters. The number of nitrogens with zero attached hydrogens (tertiary/aromatic N) is 3. The van der Waals surface area contributed by atoms with E-state index in [9.17, 15) is 0 Å². The van der Waals surface area contributed by atoms with Gasteiger partial charge in [0.1, 0.15) is 17.6 Å². The molecule has 0 atom stereocenters. The van der Waals surface area contributed by atoms with Gasteiger partial charge in [0.25, 0.3) is 0 Å². The fraction of sp³-hybridized carbons (Fsp3) is 0.538. The highest BCUT2D eigenvalue weighted by Gasteiger charge is 2.29. The first-order chi connectivity index (χ1) is 7.85. The Balaban J connectivity index is 2.14. The van der Waals surface area contributed by atoms with E-state index in [0.717, 1.165) is 12.4 Å². The molecule has 0 bridgehead atoms. The van der Waals surface area contributed by atoms with Crippen LogP contribution < -0.4 is 4.90 Å². The molecule has 2 rings (SSSR count). The van der Waals surface area contributed by atoms with E-state index in [-0.39, 0.29) is 0 Å². The van der Waals surface area contributed by atoms with E-state index in [2.05, 4.69) is 22.9 Å². The van der Waals surface area contributed by atoms with Gasteiger partial charge in [0.05, 0.1) is 0 Å². The average molecular weight is 215 g/mol. The fourth-order valence-electron chi connectivity index (χ4n) is 1.84. The van der Waals surface area contributed by atoms with Gasteiger partial charge in [-0.1, -0.05) is 19.4 Å². The molecular formula is C13H17N3. The molecule has 1 aromatic heterocycles. The molecule has 1 aliphatic rings. The van der Waals surface area contributed by atoms with Crippen molar-refractivity contribution in [2.45, 2.75) is 38.6 Å². The Morgan fingerprint density at radius 1 is 1.50 bits per heavy atom. The van der Waals surface area contributed by atoms with E-state index in [4.69, 9.17) is 5.26 Å². The van der Waals surface area contributed by atoms with Gasteiger partial charge in [-0.3, -0.25) is 0 Å². The monoisotopic (exact) mass is 215 g/mol. The minimum atomic E-state index is 0.514. The molecule has 0 amide bonds. The number of rotatable bonds is 5. The first kappa shape index (κ1) is 10.9. The third-order valence-electron chi connectivity index (χ3n) is 2.88. The topological polar surface area (TPSA) is 39.9 Å². The number of unbranched alkanes of at least 4 members (excludes halogenated alkanes) is 1. The first-order valence-electron chi connectivity index (χ1n) is 5.99. The van der Waals surface area contributed by atoms with Crippen LogP contribution in [0.3, 0.4) is 0 Å². The predicted octanol–water partition coefficient (Wildman–Crippen LogP) is 2.72. The number of aromatic nitrogens is 1. The first-order valence-corrected chi connectivity index (χ1v) is 5.99. The number of hydrogen-bond donors (Lipinski definition) is 0. The van der Waals surface area contributed by atoms with E-state index >= 15 is 0 Å². The fourth-order valence-corrected chi connectivity index (χ4v) is 1.84. The number of nitriles is 1. The summed E-state index contributed by atoms with van der Waals surface area (Å²) < 4.78 is 0. The molecular weight excluding hydrogens is 198 g/mol. The quantitative estimate of drug-likeness (QED) is 0.758. The van der Waals surface area contributed by atoms with Gasteiger partial charge in [-0.2, -0.15) is 5.26 Å². The normalized spacial score (nSPS) is 14.5. The van der Waals surface area contributed by atoms with Crippen LogP contribution in [0.2, 0.25) is 0 Å². The van der Waals surface area contributed by atoms with Crippen LogP contribution in [0.5, 0.6) is 0 Å². The second-order valence-electron chi connectivity index (χ2n) is 4.27. The van der Waals surface area contributed by atoms with Crippen molar-refractivity contribution in [3.05, 3.63) is 23.9 Å². The highest BCUT2D eigenvalue weighted by Crippen LogP contribution is 2.30. The van der Waals surface area contributed by atoms with Gasteiger partial charge in [-0.25, -0.2) is 4.98 Å². The molecule has 0 radical (unpaired) electrons. The zero-order valence-corrected chi connectivity index (χ0v) is 9.69. The summed E-state index contributed by atoms with van der Waals surface area (Å²) in [6.07, 6.45) is 4.92. The molecule has 0 spiro atoms. The van der Waals surface area contributed by atoms with Gasteiger partial charge in [-0.05, 0) is 31.4 Å². The summed E-state index contributed by atoms with van der Waals surface area (Å²) in [7, 11) is 0. The van der Waals surface area contributed by atoms with Crippen molar-refractivity contribution in [1.29, 1.82) is 5.26 Å². The van der Waals surface area contributed by atoms with Crippen molar-refractivity contribution < 1.29 is 0 Å². The van der Waals surface area contributed by atoms with Gasteiger partial charge in [0, 0.05) is 12.6 Å². The van der Waals surface area contributed by atoms with E-state index in [1.54, 1.807) is 6.07 Å². The van der Waals surface area contributed by atoms with Gasteiger partial charge in [0.15, 0.2) is 0 Å². The highest BCUT2D eigenvalue weighted by atomic mass is 15.2. The highest BCUT2D eigenvalue weighted by molar-refractivity contribution is 5.43. The summed E-state index contributed by atoms with van der Waals surface area (Å²) in [5.74, 6) is 0.968. The molecule has 1 heterocycles. The molecule has 84 valence electrons. The summed E-state index contributed by atoms with van der Waals surface area (Å²) in [5, 5.41) is 8.84. The Hall–Kier alpha value is -1.56. The molecule has 0 aliphatic heterocycles. The minimum absolute atomic E-state index is 0.514. The molecule has 3 nitrogen and oxygen atoms in total. The smallest absolute Gasteiger partial charge is 0.142 e. The number of pyridine rings is 1. The molecule has 3 heteroatoms. The van der Waals surface area contributed by atoms with Crippen molar-refractivity contribution in [3.8, 4) is 6.07 Å². The molecule has 0 saturated heterocycles. The zero-order valence-electron chi connectivity index (χ0n) is 9.69. The van der Waals surface area contributed by atoms with E-state index in [1.165, 1.54) is 25.7 Å². The van der Waals surface area contributed by atoms with Crippen molar-refractivity contribution in [2.75, 3.05) is 11.4 Å². The van der Waals surface area contributed by atoms with E-state index in [1.807, 2.05) is 12.1 Å². The summed E-state index contributed by atoms with van der Waals surface area (Å²) in [5.41, 5.74) is 0.514. The lowest BCUT2D eigenvalue weighted by molar-refractivity contribution is 0.704. The summed E-state index contributed by atoms with van der Waals surface area (Å²) in [6.45, 7) is 3.26. The van der Waals surface area contributed by atoms with Crippen LogP contribution in [-0.4, -0.2) is 17.6 Å². The number of hydrogen-bond acceptors (Lipinski definition) is 3. The third kappa shape index (κ3) is 2.52. The Kier molecular flexibility index (Phi) is 3.40. The standard InChI is InChI=1S/C13H17N3/c1-2-3-9-16(12-7-8-12)13-6-4-5-11(10-14)15-13/h4-6,12H,2-3,7-9H2,1H3. The van der Waals surface area contributed by atoms with Crippen LogP contribution in [0.15, 0.2) is 18.2 Å². The van der Waals surface area contributed by atoms with Crippen LogP contribution in [0.4, 0.5) is 5.82 Å². The molecule has 1 aromatic rings. The minimum Gasteiger partial charge on any atom is -0.354 e. The second-order valence-corrected chi connectivity index (χ2v) is 4.27. The molecule has 1 saturated carbocycles. The molecule has 0 N–H and O–H groups in total. The molecule has 1 fully saturated rings. The van der Waals surface area contributed by atoms with Gasteiger partial charge >= 0.3 is 0 Å². The van der Waals surface area contributed by atoms with Crippen LogP contribution >= 0.6 is 0 Å². The van der Waals surface area contributed by atoms with Crippen LogP contribution in [0, 0.1) is 11.3 Å². The van der Waals surface area contributed by atoms with Crippen molar-refractivity contribution >= 4 is 5.82 Å². The lowest BCUT2D eigenvalue weighted by Crippen LogP contribution is -2.27. The van der Waals surface area contributed by atoms with Gasteiger partial charge < -0.3 is 4.90 Å². The number of anilines is 1. The van der Waals surface area contributed by atoms with Gasteiger partial charge in [-0.15, -0.1) is 0 Å². The lowest BCUT2D eigenvalue weighted by Gasteiger charge is -2.23. The summed E-state index contributed by atoms with van der Waals surface area (Å²) >= 11 is 0. The molecule has 16 heavy (non-hydrogen) atoms. The maximum Gasteiger partial charge on any atom is 0.142 e. The Bertz CT molecular complexity index is 390. The van der Waals surface area contributed by atoms with Crippen LogP contribution in [-0.2, 0) is 0 Å². The SMILES string of the molecule is CCCCN(c1cccc(C#N)n1)C1CC1. The lowest BCUT2D eigenvalue weighted by atomic mass is 10.3. The summed E-state index contributed by atoms with van der Waals surface area (Å²) in [6, 6.07) is 8.45. The van der Waals surface area contributed by atoms with Crippen LogP contribution in [0.25, 0.3) is 0 Å². The van der Waals surface area contributed by atoms with Crippen molar-refractivity contribution in [3.63, 3.8) is 0 Å². The molecule has 0 aromatic carbocycles. The Morgan fingerprint density at radius 3 is 2.94 bits per heavy atom. The van der Waals surface area contributed by atoms with Crippen molar-refractivity contribution in [2.24, 2.45) is 0 Å². The molecule has 1 aliphatic carbocycles. The summed E-state index contributed by atoms with van der Waals surface area (Å²) in [4.78, 5) is 6.72. The predicted molar refractivity (Wildman–Crippen MR) is 64.2 cm³/mol.